The highest BCUT2D eigenvalue weighted by Crippen LogP contribution is 2.34. The van der Waals surface area contributed by atoms with E-state index in [9.17, 15) is 4.79 Å². The van der Waals surface area contributed by atoms with Gasteiger partial charge in [0.1, 0.15) is 5.02 Å². The van der Waals surface area contributed by atoms with Gasteiger partial charge >= 0.3 is 0 Å². The Hall–Kier alpha value is -1.82. The van der Waals surface area contributed by atoms with Crippen LogP contribution < -0.4 is 11.2 Å². The Bertz CT molecular complexity index is 789. The molecule has 0 spiro atoms. The number of nitrogens with two attached hydrogens (primary N) is 1. The van der Waals surface area contributed by atoms with Gasteiger partial charge in [0.2, 0.25) is 0 Å². The van der Waals surface area contributed by atoms with Gasteiger partial charge in [0.25, 0.3) is 5.91 Å². The quantitative estimate of drug-likeness (QED) is 0.461. The van der Waals surface area contributed by atoms with Crippen LogP contribution in [-0.2, 0) is 0 Å². The summed E-state index contributed by atoms with van der Waals surface area (Å²) >= 11 is 17.6. The van der Waals surface area contributed by atoms with Gasteiger partial charge in [0.15, 0.2) is 10.8 Å². The first-order valence-electron chi connectivity index (χ1n) is 7.04. The molecule has 0 aliphatic carbocycles. The molecule has 126 valence electrons. The number of hydrogen-bond acceptors (Lipinski definition) is 4. The topological polar surface area (TPSA) is 80.4 Å². The van der Waals surface area contributed by atoms with Crippen molar-refractivity contribution < 1.29 is 4.79 Å². The summed E-state index contributed by atoms with van der Waals surface area (Å²) in [5.41, 5.74) is 9.91. The number of halogens is 3. The van der Waals surface area contributed by atoms with E-state index in [4.69, 9.17) is 40.5 Å². The Morgan fingerprint density at radius 2 is 1.83 bits per heavy atom. The van der Waals surface area contributed by atoms with Crippen LogP contribution >= 0.6 is 34.8 Å². The molecule has 0 unspecified atom stereocenters. The second-order valence-electron chi connectivity index (χ2n) is 5.31. The maximum Gasteiger partial charge on any atom is 0.291 e. The molecule has 1 aromatic carbocycles. The highest BCUT2D eigenvalue weighted by Gasteiger charge is 2.19. The predicted octanol–water partition coefficient (Wildman–Crippen LogP) is 4.51. The Morgan fingerprint density at radius 3 is 2.42 bits per heavy atom. The average molecular weight is 386 g/mol. The first-order valence-corrected chi connectivity index (χ1v) is 8.18. The molecule has 1 aromatic heterocycles. The number of hydrogen-bond donors (Lipinski definition) is 2. The van der Waals surface area contributed by atoms with Crippen LogP contribution in [-0.4, -0.2) is 17.1 Å². The van der Waals surface area contributed by atoms with Crippen molar-refractivity contribution in [2.24, 2.45) is 5.10 Å². The molecule has 0 atom stereocenters. The molecule has 0 aliphatic rings. The van der Waals surface area contributed by atoms with Gasteiger partial charge in [-0.05, 0) is 17.0 Å². The van der Waals surface area contributed by atoms with Crippen molar-refractivity contribution in [3.8, 4) is 0 Å². The zero-order valence-corrected chi connectivity index (χ0v) is 15.2. The zero-order valence-electron chi connectivity index (χ0n) is 13.0. The number of carbonyl (C=O) groups excluding carboxylic acids is 1. The maximum atomic E-state index is 12.1. The molecule has 0 aliphatic heterocycles. The minimum Gasteiger partial charge on any atom is -0.396 e. The second kappa shape index (κ2) is 7.83. The van der Waals surface area contributed by atoms with E-state index < -0.39 is 5.91 Å². The first kappa shape index (κ1) is 18.5. The van der Waals surface area contributed by atoms with Gasteiger partial charge in [-0.25, -0.2) is 10.4 Å². The van der Waals surface area contributed by atoms with Crippen molar-refractivity contribution in [3.63, 3.8) is 0 Å². The average Bonchev–Trinajstić information content (AvgIpc) is 2.56. The fraction of sp³-hybridized carbons (Fsp3) is 0.188. The van der Waals surface area contributed by atoms with E-state index in [0.717, 1.165) is 5.56 Å². The van der Waals surface area contributed by atoms with Crippen molar-refractivity contribution in [2.75, 3.05) is 5.73 Å². The first-order chi connectivity index (χ1) is 11.3. The van der Waals surface area contributed by atoms with Gasteiger partial charge in [-0.3, -0.25) is 4.79 Å². The third kappa shape index (κ3) is 4.17. The molecule has 5 nitrogen and oxygen atoms in total. The molecule has 1 amide bonds. The molecule has 0 saturated heterocycles. The van der Waals surface area contributed by atoms with Crippen molar-refractivity contribution in [1.29, 1.82) is 0 Å². The molecule has 2 rings (SSSR count). The third-order valence-corrected chi connectivity index (χ3v) is 4.41. The Balaban J connectivity index is 2.10. The predicted molar refractivity (Wildman–Crippen MR) is 99.3 cm³/mol. The Labute approximate surface area is 154 Å². The van der Waals surface area contributed by atoms with Crippen LogP contribution in [0.2, 0.25) is 15.2 Å². The van der Waals surface area contributed by atoms with Crippen LogP contribution in [0.25, 0.3) is 0 Å². The monoisotopic (exact) mass is 384 g/mol. The number of nitrogen functional groups attached to an aromatic ring is 1. The molecule has 1 heterocycles. The van der Waals surface area contributed by atoms with E-state index >= 15 is 0 Å². The lowest BCUT2D eigenvalue weighted by Gasteiger charge is -2.07. The number of anilines is 1. The van der Waals surface area contributed by atoms with Crippen LogP contribution in [0.3, 0.4) is 0 Å². The van der Waals surface area contributed by atoms with Crippen LogP contribution in [0, 0.1) is 0 Å². The number of nitrogens with one attached hydrogen (secondary N) is 1. The second-order valence-corrected chi connectivity index (χ2v) is 6.43. The molecular weight excluding hydrogens is 371 g/mol. The summed E-state index contributed by atoms with van der Waals surface area (Å²) in [5, 5.41) is 3.71. The number of hydrazone groups is 1. The van der Waals surface area contributed by atoms with Crippen LogP contribution in [0.5, 0.6) is 0 Å². The van der Waals surface area contributed by atoms with E-state index in [2.05, 4.69) is 29.4 Å². The highest BCUT2D eigenvalue weighted by molar-refractivity contribution is 6.46. The van der Waals surface area contributed by atoms with Gasteiger partial charge in [-0.1, -0.05) is 72.9 Å². The molecule has 2 aromatic rings. The number of carbonyl (C=O) groups is 1. The van der Waals surface area contributed by atoms with Gasteiger partial charge in [-0.2, -0.15) is 5.10 Å². The van der Waals surface area contributed by atoms with E-state index in [-0.39, 0.29) is 26.6 Å². The summed E-state index contributed by atoms with van der Waals surface area (Å²) in [7, 11) is 0. The minimum atomic E-state index is -0.639. The lowest BCUT2D eigenvalue weighted by molar-refractivity contribution is 0.0950. The summed E-state index contributed by atoms with van der Waals surface area (Å²) in [5.74, 6) is -0.190. The summed E-state index contributed by atoms with van der Waals surface area (Å²) in [6, 6.07) is 7.83. The summed E-state index contributed by atoms with van der Waals surface area (Å²) < 4.78 is 0. The molecule has 8 heteroatoms. The Kier molecular flexibility index (Phi) is 6.04. The minimum absolute atomic E-state index is 0.00302. The van der Waals surface area contributed by atoms with E-state index in [1.165, 1.54) is 11.8 Å². The lowest BCUT2D eigenvalue weighted by atomic mass is 10.0. The highest BCUT2D eigenvalue weighted by atomic mass is 35.5. The number of benzene rings is 1. The van der Waals surface area contributed by atoms with E-state index in [1.54, 1.807) is 0 Å². The summed E-state index contributed by atoms with van der Waals surface area (Å²) in [4.78, 5) is 15.9. The van der Waals surface area contributed by atoms with Crippen LogP contribution in [0.15, 0.2) is 29.4 Å². The number of pyridine rings is 1. The van der Waals surface area contributed by atoms with Crippen molar-refractivity contribution in [1.82, 2.24) is 10.4 Å². The van der Waals surface area contributed by atoms with Crippen LogP contribution in [0.1, 0.15) is 41.4 Å². The molecule has 24 heavy (non-hydrogen) atoms. The van der Waals surface area contributed by atoms with Crippen molar-refractivity contribution >= 4 is 52.6 Å². The van der Waals surface area contributed by atoms with E-state index in [1.807, 2.05) is 24.3 Å². The SMILES string of the molecule is CC(C)c1ccc(/C=N\NC(=O)c2nc(Cl)c(Cl)c(N)c2Cl)cc1. The zero-order chi connectivity index (χ0) is 17.9. The molecule has 0 bridgehead atoms. The molecule has 0 fully saturated rings. The molecular formula is C16H15Cl3N4O. The number of aromatic nitrogens is 1. The smallest absolute Gasteiger partial charge is 0.291 e. The van der Waals surface area contributed by atoms with Crippen molar-refractivity contribution in [2.45, 2.75) is 19.8 Å². The van der Waals surface area contributed by atoms with E-state index in [0.29, 0.717) is 5.92 Å². The molecule has 0 radical (unpaired) electrons. The lowest BCUT2D eigenvalue weighted by Crippen LogP contribution is -2.20. The third-order valence-electron chi connectivity index (χ3n) is 3.27. The number of rotatable bonds is 4. The maximum absolute atomic E-state index is 12.1. The summed E-state index contributed by atoms with van der Waals surface area (Å²) in [6.45, 7) is 4.23. The van der Waals surface area contributed by atoms with Gasteiger partial charge in [0, 0.05) is 0 Å². The van der Waals surface area contributed by atoms with Gasteiger partial charge in [-0.15, -0.1) is 0 Å². The molecule has 3 N–H and O–H groups in total. The molecule has 0 saturated carbocycles. The number of amides is 1. The fourth-order valence-electron chi connectivity index (χ4n) is 1.87. The summed E-state index contributed by atoms with van der Waals surface area (Å²) in [6.07, 6.45) is 1.51. The van der Waals surface area contributed by atoms with Gasteiger partial charge < -0.3 is 5.73 Å². The van der Waals surface area contributed by atoms with Gasteiger partial charge in [0.05, 0.1) is 16.9 Å². The number of nitrogens with zero attached hydrogens (tertiary/aromatic N) is 2. The van der Waals surface area contributed by atoms with Crippen LogP contribution in [0.4, 0.5) is 5.69 Å². The van der Waals surface area contributed by atoms with Crippen molar-refractivity contribution in [3.05, 3.63) is 56.3 Å². The Morgan fingerprint density at radius 1 is 1.21 bits per heavy atom. The largest absolute Gasteiger partial charge is 0.396 e. The fourth-order valence-corrected chi connectivity index (χ4v) is 2.46. The standard InChI is InChI=1S/C16H15Cl3N4O/c1-8(2)10-5-3-9(4-6-10)7-21-23-16(24)14-11(17)13(20)12(18)15(19)22-14/h3-8H,1-2H3,(H2,20,22)(H,23,24)/b21-7-. The normalized spacial score (nSPS) is 11.2.